The van der Waals surface area contributed by atoms with Crippen molar-refractivity contribution in [1.82, 2.24) is 19.7 Å². The SMILES string of the molecule is CC(=O)c1cc(-c2ncc(F)c(N3CCC4(CCOCC4)C3)n2)nn1Cc1ccccc1C. The van der Waals surface area contributed by atoms with Crippen LogP contribution in [-0.2, 0) is 11.3 Å². The minimum atomic E-state index is -0.436. The van der Waals surface area contributed by atoms with Crippen LogP contribution >= 0.6 is 0 Å². The predicted molar refractivity (Wildman–Crippen MR) is 123 cm³/mol. The quantitative estimate of drug-likeness (QED) is 0.548. The largest absolute Gasteiger partial charge is 0.381 e. The molecule has 0 amide bonds. The Morgan fingerprint density at radius 3 is 2.76 bits per heavy atom. The molecule has 2 saturated heterocycles. The average Bonchev–Trinajstić information content (AvgIpc) is 3.41. The van der Waals surface area contributed by atoms with Gasteiger partial charge in [-0.1, -0.05) is 24.3 Å². The zero-order chi connectivity index (χ0) is 23.0. The number of hydrogen-bond donors (Lipinski definition) is 0. The zero-order valence-corrected chi connectivity index (χ0v) is 19.1. The highest BCUT2D eigenvalue weighted by atomic mass is 19.1. The maximum absolute atomic E-state index is 14.8. The molecule has 0 N–H and O–H groups in total. The van der Waals surface area contributed by atoms with Gasteiger partial charge in [0.2, 0.25) is 0 Å². The third kappa shape index (κ3) is 4.27. The van der Waals surface area contributed by atoms with Crippen LogP contribution in [0.25, 0.3) is 11.5 Å². The number of rotatable bonds is 5. The Bertz CT molecular complexity index is 1190. The lowest BCUT2D eigenvalue weighted by atomic mass is 9.80. The fourth-order valence-corrected chi connectivity index (χ4v) is 4.91. The fourth-order valence-electron chi connectivity index (χ4n) is 4.91. The molecule has 2 aliphatic rings. The number of benzene rings is 1. The minimum absolute atomic E-state index is 0.0920. The number of ether oxygens (including phenoxy) is 1. The van der Waals surface area contributed by atoms with Crippen LogP contribution in [0, 0.1) is 18.2 Å². The molecule has 0 atom stereocenters. The van der Waals surface area contributed by atoms with Crippen LogP contribution in [0.2, 0.25) is 0 Å². The molecule has 2 aliphatic heterocycles. The van der Waals surface area contributed by atoms with E-state index in [-0.39, 0.29) is 11.2 Å². The molecule has 7 nitrogen and oxygen atoms in total. The van der Waals surface area contributed by atoms with Crippen LogP contribution < -0.4 is 4.90 Å². The summed E-state index contributed by atoms with van der Waals surface area (Å²) in [7, 11) is 0. The highest BCUT2D eigenvalue weighted by Gasteiger charge is 2.40. The number of nitrogens with zero attached hydrogens (tertiary/aromatic N) is 5. The van der Waals surface area contributed by atoms with E-state index in [1.54, 1.807) is 10.7 Å². The minimum Gasteiger partial charge on any atom is -0.381 e. The number of aryl methyl sites for hydroxylation is 1. The van der Waals surface area contributed by atoms with Crippen molar-refractivity contribution >= 4 is 11.6 Å². The second-order valence-electron chi connectivity index (χ2n) is 9.20. The molecule has 8 heteroatoms. The number of halogens is 1. The summed E-state index contributed by atoms with van der Waals surface area (Å²) in [6.45, 7) is 7.06. The maximum Gasteiger partial charge on any atom is 0.183 e. The Kier molecular flexibility index (Phi) is 5.70. The number of anilines is 1. The highest BCUT2D eigenvalue weighted by Crippen LogP contribution is 2.41. The van der Waals surface area contributed by atoms with Gasteiger partial charge in [-0.3, -0.25) is 9.48 Å². The van der Waals surface area contributed by atoms with Gasteiger partial charge >= 0.3 is 0 Å². The van der Waals surface area contributed by atoms with Gasteiger partial charge in [-0.2, -0.15) is 5.10 Å². The molecule has 3 aromatic rings. The van der Waals surface area contributed by atoms with Gasteiger partial charge in [0.15, 0.2) is 23.2 Å². The molecule has 33 heavy (non-hydrogen) atoms. The summed E-state index contributed by atoms with van der Waals surface area (Å²) in [6, 6.07) is 9.70. The van der Waals surface area contributed by atoms with Crippen molar-refractivity contribution < 1.29 is 13.9 Å². The topological polar surface area (TPSA) is 73.1 Å². The van der Waals surface area contributed by atoms with Crippen molar-refractivity contribution in [2.24, 2.45) is 5.41 Å². The Morgan fingerprint density at radius 2 is 2.00 bits per heavy atom. The molecule has 2 fully saturated rings. The highest BCUT2D eigenvalue weighted by molar-refractivity contribution is 5.93. The van der Waals surface area contributed by atoms with Gasteiger partial charge in [-0.25, -0.2) is 14.4 Å². The van der Waals surface area contributed by atoms with E-state index in [1.165, 1.54) is 13.1 Å². The van der Waals surface area contributed by atoms with Crippen LogP contribution in [0.3, 0.4) is 0 Å². The summed E-state index contributed by atoms with van der Waals surface area (Å²) in [6.07, 6.45) is 4.21. The van der Waals surface area contributed by atoms with Gasteiger partial charge in [0.1, 0.15) is 11.4 Å². The molecule has 5 rings (SSSR count). The van der Waals surface area contributed by atoms with Gasteiger partial charge in [0, 0.05) is 33.2 Å². The third-order valence-electron chi connectivity index (χ3n) is 6.97. The predicted octanol–water partition coefficient (Wildman–Crippen LogP) is 4.05. The molecule has 1 spiro atoms. The number of hydrogen-bond acceptors (Lipinski definition) is 6. The first-order chi connectivity index (χ1) is 15.9. The second-order valence-corrected chi connectivity index (χ2v) is 9.20. The molecular formula is C25H28FN5O2. The van der Waals surface area contributed by atoms with E-state index in [0.29, 0.717) is 29.6 Å². The molecule has 2 aromatic heterocycles. The van der Waals surface area contributed by atoms with Crippen LogP contribution in [-0.4, -0.2) is 51.8 Å². The molecular weight excluding hydrogens is 421 g/mol. The monoisotopic (exact) mass is 449 g/mol. The van der Waals surface area contributed by atoms with E-state index in [4.69, 9.17) is 4.74 Å². The van der Waals surface area contributed by atoms with E-state index < -0.39 is 5.82 Å². The van der Waals surface area contributed by atoms with Crippen molar-refractivity contribution in [2.45, 2.75) is 39.7 Å². The molecule has 0 radical (unpaired) electrons. The Labute approximate surface area is 192 Å². The van der Waals surface area contributed by atoms with Crippen LogP contribution in [0.1, 0.15) is 47.8 Å². The normalized spacial score (nSPS) is 17.6. The standard InChI is InChI=1S/C25H28FN5O2/c1-17-5-3-4-6-19(17)15-31-22(18(2)32)13-21(29-31)23-27-14-20(26)24(28-23)30-10-7-25(16-30)8-11-33-12-9-25/h3-6,13-14H,7-12,15-16H2,1-2H3. The molecule has 4 heterocycles. The number of carbonyl (C=O) groups is 1. The molecule has 0 aliphatic carbocycles. The number of aromatic nitrogens is 4. The summed E-state index contributed by atoms with van der Waals surface area (Å²) in [5.74, 6) is 0.103. The van der Waals surface area contributed by atoms with Crippen molar-refractivity contribution in [3.05, 3.63) is 59.2 Å². The number of ketones is 1. The summed E-state index contributed by atoms with van der Waals surface area (Å²) >= 11 is 0. The average molecular weight is 450 g/mol. The maximum atomic E-state index is 14.8. The van der Waals surface area contributed by atoms with Gasteiger partial charge in [-0.15, -0.1) is 0 Å². The van der Waals surface area contributed by atoms with Crippen LogP contribution in [0.4, 0.5) is 10.2 Å². The van der Waals surface area contributed by atoms with Gasteiger partial charge in [0.05, 0.1) is 12.7 Å². The molecule has 0 bridgehead atoms. The Morgan fingerprint density at radius 1 is 1.21 bits per heavy atom. The number of Topliss-reactive ketones (excluding diaryl/α,β-unsaturated/α-hetero) is 1. The lowest BCUT2D eigenvalue weighted by molar-refractivity contribution is 0.0254. The summed E-state index contributed by atoms with van der Waals surface area (Å²) in [4.78, 5) is 23.1. The third-order valence-corrected chi connectivity index (χ3v) is 6.97. The molecule has 1 aromatic carbocycles. The number of carbonyl (C=O) groups excluding carboxylic acids is 1. The van der Waals surface area contributed by atoms with Gasteiger partial charge in [-0.05, 0) is 48.8 Å². The fraction of sp³-hybridized carbons (Fsp3) is 0.440. The van der Waals surface area contributed by atoms with E-state index in [0.717, 1.165) is 56.7 Å². The van der Waals surface area contributed by atoms with Crippen molar-refractivity contribution in [3.63, 3.8) is 0 Å². The first-order valence-corrected chi connectivity index (χ1v) is 11.4. The van der Waals surface area contributed by atoms with E-state index >= 15 is 0 Å². The van der Waals surface area contributed by atoms with Crippen molar-refractivity contribution in [3.8, 4) is 11.5 Å². The van der Waals surface area contributed by atoms with Crippen molar-refractivity contribution in [1.29, 1.82) is 0 Å². The van der Waals surface area contributed by atoms with E-state index in [1.807, 2.05) is 36.1 Å². The zero-order valence-electron chi connectivity index (χ0n) is 19.1. The van der Waals surface area contributed by atoms with Gasteiger partial charge in [0.25, 0.3) is 0 Å². The molecule has 0 saturated carbocycles. The van der Waals surface area contributed by atoms with E-state index in [9.17, 15) is 9.18 Å². The second kappa shape index (κ2) is 8.67. The summed E-state index contributed by atoms with van der Waals surface area (Å²) in [5.41, 5.74) is 3.32. The Hall–Kier alpha value is -3.13. The lowest BCUT2D eigenvalue weighted by Gasteiger charge is -2.33. The molecule has 172 valence electrons. The first-order valence-electron chi connectivity index (χ1n) is 11.4. The van der Waals surface area contributed by atoms with Crippen LogP contribution in [0.5, 0.6) is 0 Å². The van der Waals surface area contributed by atoms with Gasteiger partial charge < -0.3 is 9.64 Å². The van der Waals surface area contributed by atoms with Crippen LogP contribution in [0.15, 0.2) is 36.5 Å². The lowest BCUT2D eigenvalue weighted by Crippen LogP contribution is -2.33. The first kappa shape index (κ1) is 21.7. The van der Waals surface area contributed by atoms with E-state index in [2.05, 4.69) is 15.1 Å². The Balaban J connectivity index is 1.45. The summed E-state index contributed by atoms with van der Waals surface area (Å²) < 4.78 is 22.0. The smallest absolute Gasteiger partial charge is 0.183 e. The van der Waals surface area contributed by atoms with Crippen molar-refractivity contribution in [2.75, 3.05) is 31.2 Å². The summed E-state index contributed by atoms with van der Waals surface area (Å²) in [5, 5.41) is 4.63. The molecule has 0 unspecified atom stereocenters.